The summed E-state index contributed by atoms with van der Waals surface area (Å²) < 4.78 is 14.1. The molecule has 0 unspecified atom stereocenters. The zero-order valence-electron chi connectivity index (χ0n) is 14.4. The number of aliphatic hydroxyl groups is 1. The molecule has 0 saturated heterocycles. The van der Waals surface area contributed by atoms with Gasteiger partial charge in [0.15, 0.2) is 5.78 Å². The Hall–Kier alpha value is -2.45. The highest BCUT2D eigenvalue weighted by atomic mass is 32.1. The molecule has 0 aromatic carbocycles. The van der Waals surface area contributed by atoms with Gasteiger partial charge in [-0.1, -0.05) is 0 Å². The van der Waals surface area contributed by atoms with Crippen LogP contribution in [0, 0.1) is 5.82 Å². The number of fused-ring (bicyclic) bond motifs is 1. The van der Waals surface area contributed by atoms with Crippen molar-refractivity contribution in [2.75, 3.05) is 5.32 Å². The summed E-state index contributed by atoms with van der Waals surface area (Å²) in [4.78, 5) is 25.2. The van der Waals surface area contributed by atoms with Crippen molar-refractivity contribution in [3.63, 3.8) is 0 Å². The Morgan fingerprint density at radius 2 is 2.15 bits per heavy atom. The second-order valence-electron chi connectivity index (χ2n) is 6.14. The molecule has 0 spiro atoms. The van der Waals surface area contributed by atoms with Crippen LogP contribution in [0.15, 0.2) is 29.9 Å². The number of pyridine rings is 1. The van der Waals surface area contributed by atoms with Gasteiger partial charge in [0.25, 0.3) is 0 Å². The molecule has 0 fully saturated rings. The van der Waals surface area contributed by atoms with Crippen molar-refractivity contribution in [3.8, 4) is 0 Å². The molecule has 6 nitrogen and oxygen atoms in total. The molecular weight excluding hydrogens is 355 g/mol. The maximum atomic E-state index is 13.4. The largest absolute Gasteiger partial charge is 0.393 e. The number of hydrogen-bond donors (Lipinski definition) is 2. The van der Waals surface area contributed by atoms with Crippen LogP contribution in [0.3, 0.4) is 0 Å². The summed E-state index contributed by atoms with van der Waals surface area (Å²) in [5, 5.41) is 14.4. The molecule has 0 saturated carbocycles. The van der Waals surface area contributed by atoms with Gasteiger partial charge in [-0.05, 0) is 43.3 Å². The van der Waals surface area contributed by atoms with Gasteiger partial charge in [-0.25, -0.2) is 14.4 Å². The van der Waals surface area contributed by atoms with E-state index in [1.54, 1.807) is 13.1 Å². The van der Waals surface area contributed by atoms with Crippen LogP contribution in [0.5, 0.6) is 0 Å². The van der Waals surface area contributed by atoms with Gasteiger partial charge in [0.2, 0.25) is 5.95 Å². The highest BCUT2D eigenvalue weighted by Gasteiger charge is 2.18. The van der Waals surface area contributed by atoms with Crippen LogP contribution in [-0.4, -0.2) is 31.9 Å². The summed E-state index contributed by atoms with van der Waals surface area (Å²) in [7, 11) is 0. The molecule has 0 aliphatic rings. The number of halogens is 1. The van der Waals surface area contributed by atoms with Crippen molar-refractivity contribution in [1.82, 2.24) is 15.0 Å². The van der Waals surface area contributed by atoms with Crippen LogP contribution in [0.4, 0.5) is 10.3 Å². The molecule has 136 valence electrons. The Kier molecular flexibility index (Phi) is 5.53. The minimum atomic E-state index is -0.544. The lowest BCUT2D eigenvalue weighted by Crippen LogP contribution is -2.13. The Morgan fingerprint density at radius 3 is 2.88 bits per heavy atom. The van der Waals surface area contributed by atoms with E-state index in [9.17, 15) is 14.3 Å². The standard InChI is InChI=1S/C18H19FN4O2S/c1-10(24)3-4-15(25)16-17-14(5-6-26-17)22-18(23-16)21-11(2)12-7-13(19)9-20-8-12/h5-11,24H,3-4H2,1-2H3,(H,21,22,23)/t10-,11-/m0/s1. The summed E-state index contributed by atoms with van der Waals surface area (Å²) in [6.45, 7) is 3.49. The number of thiophene rings is 1. The Morgan fingerprint density at radius 1 is 1.35 bits per heavy atom. The van der Waals surface area contributed by atoms with Gasteiger partial charge in [0, 0.05) is 12.6 Å². The lowest BCUT2D eigenvalue weighted by molar-refractivity contribution is 0.0946. The van der Waals surface area contributed by atoms with Crippen molar-refractivity contribution in [2.45, 2.75) is 38.8 Å². The molecule has 8 heteroatoms. The number of hydrogen-bond acceptors (Lipinski definition) is 7. The SMILES string of the molecule is C[C@H](O)CCC(=O)c1nc(N[C@@H](C)c2cncc(F)c2)nc2ccsc12. The molecule has 26 heavy (non-hydrogen) atoms. The summed E-state index contributed by atoms with van der Waals surface area (Å²) >= 11 is 1.41. The van der Waals surface area contributed by atoms with Crippen LogP contribution >= 0.6 is 11.3 Å². The molecular formula is C18H19FN4O2S. The van der Waals surface area contributed by atoms with Gasteiger partial charge in [0.05, 0.1) is 28.6 Å². The third-order valence-corrected chi connectivity index (χ3v) is 4.84. The summed E-state index contributed by atoms with van der Waals surface area (Å²) in [6, 6.07) is 2.93. The second-order valence-corrected chi connectivity index (χ2v) is 7.06. The fraction of sp³-hybridized carbons (Fsp3) is 0.333. The lowest BCUT2D eigenvalue weighted by Gasteiger charge is -2.15. The molecule has 2 N–H and O–H groups in total. The molecule has 2 atom stereocenters. The van der Waals surface area contributed by atoms with E-state index in [4.69, 9.17) is 0 Å². The number of rotatable bonds is 7. The molecule has 0 bridgehead atoms. The van der Waals surface area contributed by atoms with Gasteiger partial charge in [-0.3, -0.25) is 9.78 Å². The highest BCUT2D eigenvalue weighted by Crippen LogP contribution is 2.26. The first kappa shape index (κ1) is 18.3. The van der Waals surface area contributed by atoms with Crippen LogP contribution in [0.1, 0.15) is 48.8 Å². The van der Waals surface area contributed by atoms with E-state index in [0.29, 0.717) is 29.1 Å². The molecule has 0 amide bonds. The topological polar surface area (TPSA) is 88.0 Å². The van der Waals surface area contributed by atoms with E-state index >= 15 is 0 Å². The summed E-state index contributed by atoms with van der Waals surface area (Å²) in [5.41, 5.74) is 1.68. The molecule has 3 aromatic rings. The second kappa shape index (κ2) is 7.84. The number of aromatic nitrogens is 3. The van der Waals surface area contributed by atoms with Crippen LogP contribution in [-0.2, 0) is 0 Å². The minimum Gasteiger partial charge on any atom is -0.393 e. The van der Waals surface area contributed by atoms with Gasteiger partial charge >= 0.3 is 0 Å². The highest BCUT2D eigenvalue weighted by molar-refractivity contribution is 7.17. The van der Waals surface area contributed by atoms with Crippen LogP contribution < -0.4 is 5.32 Å². The van der Waals surface area contributed by atoms with Crippen molar-refractivity contribution < 1.29 is 14.3 Å². The van der Waals surface area contributed by atoms with Crippen LogP contribution in [0.25, 0.3) is 10.2 Å². The molecule has 3 aromatic heterocycles. The number of nitrogens with one attached hydrogen (secondary N) is 1. The fourth-order valence-electron chi connectivity index (χ4n) is 2.52. The number of anilines is 1. The first-order chi connectivity index (χ1) is 12.4. The van der Waals surface area contributed by atoms with E-state index in [-0.39, 0.29) is 18.2 Å². The average molecular weight is 374 g/mol. The first-order valence-electron chi connectivity index (χ1n) is 8.27. The summed E-state index contributed by atoms with van der Waals surface area (Å²) in [6.07, 6.45) is 2.76. The Bertz CT molecular complexity index is 928. The maximum absolute atomic E-state index is 13.4. The summed E-state index contributed by atoms with van der Waals surface area (Å²) in [5.74, 6) is -0.253. The molecule has 0 aliphatic heterocycles. The number of aliphatic hydroxyl groups excluding tert-OH is 1. The minimum absolute atomic E-state index is 0.135. The molecule has 3 rings (SSSR count). The number of carbonyl (C=O) groups is 1. The maximum Gasteiger partial charge on any atom is 0.224 e. The van der Waals surface area contributed by atoms with E-state index in [1.807, 2.05) is 18.4 Å². The van der Waals surface area contributed by atoms with Crippen molar-refractivity contribution in [2.24, 2.45) is 0 Å². The number of carbonyl (C=O) groups excluding carboxylic acids is 1. The lowest BCUT2D eigenvalue weighted by atomic mass is 10.1. The Labute approximate surface area is 154 Å². The number of nitrogens with zero attached hydrogens (tertiary/aromatic N) is 3. The first-order valence-corrected chi connectivity index (χ1v) is 9.15. The number of ketones is 1. The zero-order chi connectivity index (χ0) is 18.7. The predicted octanol–water partition coefficient (Wildman–Crippen LogP) is 3.74. The predicted molar refractivity (Wildman–Crippen MR) is 98.9 cm³/mol. The van der Waals surface area contributed by atoms with E-state index < -0.39 is 11.9 Å². The van der Waals surface area contributed by atoms with E-state index in [1.165, 1.54) is 17.4 Å². The Balaban J connectivity index is 1.88. The quantitative estimate of drug-likeness (QED) is 0.613. The van der Waals surface area contributed by atoms with Crippen molar-refractivity contribution in [1.29, 1.82) is 0 Å². The average Bonchev–Trinajstić information content (AvgIpc) is 3.07. The zero-order valence-corrected chi connectivity index (χ0v) is 15.3. The third-order valence-electron chi connectivity index (χ3n) is 3.93. The van der Waals surface area contributed by atoms with Gasteiger partial charge in [-0.15, -0.1) is 11.3 Å². The van der Waals surface area contributed by atoms with Gasteiger partial charge in [-0.2, -0.15) is 0 Å². The van der Waals surface area contributed by atoms with Crippen molar-refractivity contribution >= 4 is 33.3 Å². The number of Topliss-reactive ketones (excluding diaryl/α,β-unsaturated/α-hetero) is 1. The monoisotopic (exact) mass is 374 g/mol. The van der Waals surface area contributed by atoms with Crippen LogP contribution in [0.2, 0.25) is 0 Å². The third kappa shape index (κ3) is 4.20. The smallest absolute Gasteiger partial charge is 0.224 e. The molecule has 0 aliphatic carbocycles. The van der Waals surface area contributed by atoms with Gasteiger partial charge < -0.3 is 10.4 Å². The molecule has 3 heterocycles. The molecule has 0 radical (unpaired) electrons. The van der Waals surface area contributed by atoms with E-state index in [0.717, 1.165) is 10.9 Å². The van der Waals surface area contributed by atoms with Gasteiger partial charge in [0.1, 0.15) is 11.5 Å². The normalized spacial score (nSPS) is 13.5. The van der Waals surface area contributed by atoms with E-state index in [2.05, 4.69) is 20.3 Å². The van der Waals surface area contributed by atoms with Crippen molar-refractivity contribution in [3.05, 3.63) is 47.0 Å². The fourth-order valence-corrected chi connectivity index (χ4v) is 3.36.